The summed E-state index contributed by atoms with van der Waals surface area (Å²) < 4.78 is 71.8. The molecule has 204 valence electrons. The number of rotatable bonds is 12. The third kappa shape index (κ3) is 7.75. The fourth-order valence-corrected chi connectivity index (χ4v) is 6.32. The van der Waals surface area contributed by atoms with Crippen molar-refractivity contribution < 1.29 is 36.2 Å². The van der Waals surface area contributed by atoms with Crippen molar-refractivity contribution in [1.29, 1.82) is 0 Å². The summed E-state index contributed by atoms with van der Waals surface area (Å²) >= 11 is 1.48. The van der Waals surface area contributed by atoms with Crippen LogP contribution in [0.25, 0.3) is 11.1 Å². The summed E-state index contributed by atoms with van der Waals surface area (Å²) in [4.78, 5) is 11.7. The lowest BCUT2D eigenvalue weighted by Gasteiger charge is -2.22. The van der Waals surface area contributed by atoms with E-state index in [1.807, 2.05) is 19.9 Å². The first-order valence-corrected chi connectivity index (χ1v) is 14.2. The molecule has 0 fully saturated rings. The summed E-state index contributed by atoms with van der Waals surface area (Å²) in [5.74, 6) is -0.0848. The van der Waals surface area contributed by atoms with E-state index in [9.17, 15) is 26.4 Å². The molecule has 3 rings (SSSR count). The van der Waals surface area contributed by atoms with Gasteiger partial charge in [-0.2, -0.15) is 17.5 Å². The molecular formula is C27H28F3NO5S2. The Kier molecular flexibility index (Phi) is 9.86. The topological polar surface area (TPSA) is 83.9 Å². The van der Waals surface area contributed by atoms with Crippen LogP contribution >= 0.6 is 11.8 Å². The zero-order valence-electron chi connectivity index (χ0n) is 20.9. The van der Waals surface area contributed by atoms with Crippen molar-refractivity contribution in [1.82, 2.24) is 4.31 Å². The van der Waals surface area contributed by atoms with Crippen molar-refractivity contribution in [3.05, 3.63) is 77.9 Å². The lowest BCUT2D eigenvalue weighted by atomic mass is 10.0. The number of nitrogens with zero attached hydrogens (tertiary/aromatic N) is 1. The summed E-state index contributed by atoms with van der Waals surface area (Å²) in [7, 11) is -3.78. The quantitative estimate of drug-likeness (QED) is 0.257. The van der Waals surface area contributed by atoms with E-state index in [0.29, 0.717) is 35.6 Å². The Bertz CT molecular complexity index is 1340. The van der Waals surface area contributed by atoms with E-state index < -0.39 is 34.3 Å². The Morgan fingerprint density at radius 3 is 2.11 bits per heavy atom. The molecule has 1 N–H and O–H groups in total. The minimum absolute atomic E-state index is 0.113. The molecule has 6 nitrogen and oxygen atoms in total. The number of hydrogen-bond donors (Lipinski definition) is 1. The summed E-state index contributed by atoms with van der Waals surface area (Å²) in [5.41, 5.74) is 1.20. The lowest BCUT2D eigenvalue weighted by Crippen LogP contribution is -2.33. The van der Waals surface area contributed by atoms with E-state index >= 15 is 0 Å². The van der Waals surface area contributed by atoms with Crippen LogP contribution in [0.2, 0.25) is 0 Å². The fourth-order valence-electron chi connectivity index (χ4n) is 3.70. The van der Waals surface area contributed by atoms with Crippen LogP contribution < -0.4 is 4.74 Å². The van der Waals surface area contributed by atoms with Gasteiger partial charge in [-0.05, 0) is 72.5 Å². The maximum atomic E-state index is 13.3. The standard InChI is InChI=1S/C27H28F3NO5S2/c1-3-14-31(15-16-37-23-10-13-25(19(2)17-23)36-18-26(32)33)38(34,35)24-11-6-21(7-12-24)20-4-8-22(9-5-20)27(28,29)30/h4-13,17H,3,14-16,18H2,1-2H3,(H,32,33). The SMILES string of the molecule is CCCN(CCSc1ccc(OCC(=O)O)c(C)c1)S(=O)(=O)c1ccc(-c2ccc(C(F)(F)F)cc2)cc1. The van der Waals surface area contributed by atoms with Crippen molar-refractivity contribution in [2.45, 2.75) is 36.2 Å². The molecule has 3 aromatic carbocycles. The van der Waals surface area contributed by atoms with Gasteiger partial charge >= 0.3 is 12.1 Å². The predicted molar refractivity (Wildman–Crippen MR) is 141 cm³/mol. The molecule has 0 saturated heterocycles. The van der Waals surface area contributed by atoms with Crippen molar-refractivity contribution >= 4 is 27.8 Å². The lowest BCUT2D eigenvalue weighted by molar-refractivity contribution is -0.139. The van der Waals surface area contributed by atoms with Crippen LogP contribution in [0.5, 0.6) is 5.75 Å². The second-order valence-corrected chi connectivity index (χ2v) is 11.6. The number of aliphatic carboxylic acids is 1. The molecular weight excluding hydrogens is 539 g/mol. The smallest absolute Gasteiger partial charge is 0.416 e. The highest BCUT2D eigenvalue weighted by atomic mass is 32.2. The van der Waals surface area contributed by atoms with Crippen LogP contribution in [0.1, 0.15) is 24.5 Å². The maximum Gasteiger partial charge on any atom is 0.416 e. The van der Waals surface area contributed by atoms with E-state index in [4.69, 9.17) is 9.84 Å². The number of sulfonamides is 1. The van der Waals surface area contributed by atoms with Gasteiger partial charge in [0, 0.05) is 23.7 Å². The number of carbonyl (C=O) groups is 1. The number of hydrogen-bond acceptors (Lipinski definition) is 5. The number of halogens is 3. The van der Waals surface area contributed by atoms with Gasteiger partial charge < -0.3 is 9.84 Å². The molecule has 3 aromatic rings. The summed E-state index contributed by atoms with van der Waals surface area (Å²) in [6.45, 7) is 3.89. The first-order chi connectivity index (χ1) is 17.9. The molecule has 0 bridgehead atoms. The van der Waals surface area contributed by atoms with Gasteiger partial charge in [0.25, 0.3) is 0 Å². The van der Waals surface area contributed by atoms with Crippen molar-refractivity contribution in [3.8, 4) is 16.9 Å². The van der Waals surface area contributed by atoms with Crippen molar-refractivity contribution in [2.75, 3.05) is 25.4 Å². The highest BCUT2D eigenvalue weighted by Gasteiger charge is 2.30. The van der Waals surface area contributed by atoms with Gasteiger partial charge in [0.15, 0.2) is 6.61 Å². The second kappa shape index (κ2) is 12.7. The molecule has 0 saturated carbocycles. The Labute approximate surface area is 224 Å². The van der Waals surface area contributed by atoms with Crippen molar-refractivity contribution in [2.24, 2.45) is 0 Å². The Hall–Kier alpha value is -3.02. The van der Waals surface area contributed by atoms with Crippen LogP contribution in [0.15, 0.2) is 76.5 Å². The molecule has 0 amide bonds. The first-order valence-electron chi connectivity index (χ1n) is 11.8. The zero-order chi connectivity index (χ0) is 27.9. The fraction of sp³-hybridized carbons (Fsp3) is 0.296. The van der Waals surface area contributed by atoms with Crippen LogP contribution in [0, 0.1) is 6.92 Å². The first kappa shape index (κ1) is 29.5. The highest BCUT2D eigenvalue weighted by molar-refractivity contribution is 7.99. The zero-order valence-corrected chi connectivity index (χ0v) is 22.5. The summed E-state index contributed by atoms with van der Waals surface area (Å²) in [6, 6.07) is 16.2. The van der Waals surface area contributed by atoms with Crippen LogP contribution in [0.4, 0.5) is 13.2 Å². The predicted octanol–water partition coefficient (Wildman–Crippen LogP) is 6.34. The molecule has 0 radical (unpaired) electrons. The molecule has 0 aromatic heterocycles. The van der Waals surface area contributed by atoms with E-state index in [-0.39, 0.29) is 11.4 Å². The molecule has 11 heteroatoms. The van der Waals surface area contributed by atoms with E-state index in [1.54, 1.807) is 24.3 Å². The number of thioether (sulfide) groups is 1. The third-order valence-electron chi connectivity index (χ3n) is 5.62. The number of benzene rings is 3. The van der Waals surface area contributed by atoms with Crippen LogP contribution in [-0.4, -0.2) is 49.2 Å². The van der Waals surface area contributed by atoms with Gasteiger partial charge in [-0.3, -0.25) is 0 Å². The molecule has 0 aliphatic carbocycles. The summed E-state index contributed by atoms with van der Waals surface area (Å²) in [6.07, 6.45) is -3.79. The van der Waals surface area contributed by atoms with Crippen LogP contribution in [0.3, 0.4) is 0 Å². The summed E-state index contributed by atoms with van der Waals surface area (Å²) in [5, 5.41) is 8.76. The highest BCUT2D eigenvalue weighted by Crippen LogP contribution is 2.31. The minimum Gasteiger partial charge on any atom is -0.482 e. The average Bonchev–Trinajstić information content (AvgIpc) is 2.87. The van der Waals surface area contributed by atoms with Gasteiger partial charge in [0.05, 0.1) is 10.5 Å². The van der Waals surface area contributed by atoms with Crippen LogP contribution in [-0.2, 0) is 21.0 Å². The number of ether oxygens (including phenoxy) is 1. The van der Waals surface area contributed by atoms with Gasteiger partial charge in [0.2, 0.25) is 10.0 Å². The van der Waals surface area contributed by atoms with Gasteiger partial charge in [-0.25, -0.2) is 13.2 Å². The minimum atomic E-state index is -4.42. The molecule has 0 heterocycles. The van der Waals surface area contributed by atoms with Gasteiger partial charge in [-0.15, -0.1) is 11.8 Å². The third-order valence-corrected chi connectivity index (χ3v) is 8.50. The monoisotopic (exact) mass is 567 g/mol. The normalized spacial score (nSPS) is 12.1. The Morgan fingerprint density at radius 2 is 1.58 bits per heavy atom. The van der Waals surface area contributed by atoms with E-state index in [0.717, 1.165) is 22.6 Å². The average molecular weight is 568 g/mol. The number of alkyl halides is 3. The van der Waals surface area contributed by atoms with E-state index in [1.165, 1.54) is 40.3 Å². The molecule has 0 aliphatic rings. The number of aryl methyl sites for hydroxylation is 1. The molecule has 0 atom stereocenters. The second-order valence-electron chi connectivity index (χ2n) is 8.46. The van der Waals surface area contributed by atoms with Gasteiger partial charge in [0.1, 0.15) is 5.75 Å². The van der Waals surface area contributed by atoms with Gasteiger partial charge in [-0.1, -0.05) is 31.2 Å². The Morgan fingerprint density at radius 1 is 0.974 bits per heavy atom. The molecule has 0 spiro atoms. The molecule has 0 aliphatic heterocycles. The molecule has 0 unspecified atom stereocenters. The molecule has 38 heavy (non-hydrogen) atoms. The van der Waals surface area contributed by atoms with E-state index in [2.05, 4.69) is 0 Å². The van der Waals surface area contributed by atoms with Crippen molar-refractivity contribution in [3.63, 3.8) is 0 Å². The maximum absolute atomic E-state index is 13.3. The largest absolute Gasteiger partial charge is 0.482 e. The number of carboxylic acids is 1. The Balaban J connectivity index is 1.67. The number of carboxylic acid groups (broad SMARTS) is 1.